The lowest BCUT2D eigenvalue weighted by Crippen LogP contribution is -2.17. The molecular formula is C26H27FN4O2S. The minimum absolute atomic E-state index is 0.128. The first kappa shape index (κ1) is 23.8. The van der Waals surface area contributed by atoms with Crippen LogP contribution in [0.2, 0.25) is 0 Å². The van der Waals surface area contributed by atoms with Gasteiger partial charge in [0.15, 0.2) is 28.7 Å². The number of anilines is 1. The molecule has 0 spiro atoms. The number of aromatic nitrogens is 3. The van der Waals surface area contributed by atoms with Crippen LogP contribution in [-0.2, 0) is 11.3 Å². The number of para-hydroxylation sites is 1. The monoisotopic (exact) mass is 478 g/mol. The smallest absolute Gasteiger partial charge is 0.234 e. The topological polar surface area (TPSA) is 69.0 Å². The molecule has 1 atom stereocenters. The summed E-state index contributed by atoms with van der Waals surface area (Å²) >= 11 is 1.32. The van der Waals surface area contributed by atoms with Gasteiger partial charge in [-0.3, -0.25) is 4.79 Å². The maximum Gasteiger partial charge on any atom is 0.234 e. The minimum atomic E-state index is -0.510. The van der Waals surface area contributed by atoms with Crippen molar-refractivity contribution in [1.29, 1.82) is 0 Å². The Labute approximate surface area is 202 Å². The van der Waals surface area contributed by atoms with E-state index in [2.05, 4.69) is 29.4 Å². The number of nitrogens with one attached hydrogen (secondary N) is 1. The van der Waals surface area contributed by atoms with Crippen LogP contribution in [0.3, 0.4) is 0 Å². The van der Waals surface area contributed by atoms with Crippen LogP contribution < -0.4 is 10.1 Å². The predicted octanol–water partition coefficient (Wildman–Crippen LogP) is 6.10. The molecule has 1 heterocycles. The van der Waals surface area contributed by atoms with Crippen LogP contribution >= 0.6 is 11.8 Å². The molecule has 3 aromatic carbocycles. The van der Waals surface area contributed by atoms with Gasteiger partial charge in [-0.25, -0.2) is 4.39 Å². The lowest BCUT2D eigenvalue weighted by Gasteiger charge is -2.18. The first-order valence-corrected chi connectivity index (χ1v) is 12.1. The van der Waals surface area contributed by atoms with E-state index >= 15 is 0 Å². The number of carbonyl (C=O) groups is 1. The number of thioether (sulfide) groups is 1. The third-order valence-electron chi connectivity index (χ3n) is 5.16. The van der Waals surface area contributed by atoms with Crippen molar-refractivity contribution in [3.05, 3.63) is 78.4 Å². The van der Waals surface area contributed by atoms with Gasteiger partial charge in [-0.2, -0.15) is 0 Å². The van der Waals surface area contributed by atoms with E-state index in [1.54, 1.807) is 18.2 Å². The van der Waals surface area contributed by atoms with Crippen LogP contribution in [0.5, 0.6) is 5.75 Å². The number of ether oxygens (including phenoxy) is 1. The van der Waals surface area contributed by atoms with Crippen molar-refractivity contribution in [2.24, 2.45) is 5.92 Å². The molecule has 1 amide bonds. The highest BCUT2D eigenvalue weighted by Gasteiger charge is 2.22. The van der Waals surface area contributed by atoms with E-state index in [9.17, 15) is 9.18 Å². The van der Waals surface area contributed by atoms with E-state index in [0.29, 0.717) is 23.4 Å². The quantitative estimate of drug-likeness (QED) is 0.295. The van der Waals surface area contributed by atoms with Gasteiger partial charge in [0.05, 0.1) is 5.75 Å². The Morgan fingerprint density at radius 1 is 1.03 bits per heavy atom. The highest BCUT2D eigenvalue weighted by molar-refractivity contribution is 7.99. The molecule has 0 bridgehead atoms. The number of rotatable bonds is 9. The summed E-state index contributed by atoms with van der Waals surface area (Å²) < 4.78 is 21.8. The molecule has 1 aromatic heterocycles. The van der Waals surface area contributed by atoms with E-state index in [0.717, 1.165) is 16.5 Å². The lowest BCUT2D eigenvalue weighted by atomic mass is 10.1. The Kier molecular flexibility index (Phi) is 7.47. The van der Waals surface area contributed by atoms with Gasteiger partial charge < -0.3 is 14.6 Å². The van der Waals surface area contributed by atoms with E-state index in [-0.39, 0.29) is 17.4 Å². The fourth-order valence-electron chi connectivity index (χ4n) is 3.62. The maximum atomic E-state index is 14.0. The van der Waals surface area contributed by atoms with Gasteiger partial charge in [0.1, 0.15) is 0 Å². The molecule has 6 nitrogen and oxygen atoms in total. The van der Waals surface area contributed by atoms with Crippen LogP contribution in [0, 0.1) is 11.7 Å². The molecule has 0 saturated carbocycles. The molecule has 0 fully saturated rings. The van der Waals surface area contributed by atoms with E-state index in [1.165, 1.54) is 17.8 Å². The average molecular weight is 479 g/mol. The van der Waals surface area contributed by atoms with Crippen molar-refractivity contribution >= 4 is 34.1 Å². The molecule has 4 aromatic rings. The molecule has 176 valence electrons. The highest BCUT2D eigenvalue weighted by Crippen LogP contribution is 2.27. The van der Waals surface area contributed by atoms with Crippen molar-refractivity contribution < 1.29 is 13.9 Å². The fraction of sp³-hybridized carbons (Fsp3) is 0.269. The zero-order chi connectivity index (χ0) is 24.1. The molecule has 0 aliphatic carbocycles. The number of nitrogens with zero attached hydrogens (tertiary/aromatic N) is 3. The normalized spacial score (nSPS) is 12.1. The van der Waals surface area contributed by atoms with Gasteiger partial charge in [-0.1, -0.05) is 68.1 Å². The van der Waals surface area contributed by atoms with E-state index in [4.69, 9.17) is 4.74 Å². The maximum absolute atomic E-state index is 14.0. The fourth-order valence-corrected chi connectivity index (χ4v) is 4.38. The van der Waals surface area contributed by atoms with Gasteiger partial charge in [0.25, 0.3) is 0 Å². The summed E-state index contributed by atoms with van der Waals surface area (Å²) in [5.74, 6) is 0.709. The number of hydrogen-bond acceptors (Lipinski definition) is 5. The lowest BCUT2D eigenvalue weighted by molar-refractivity contribution is -0.113. The molecule has 34 heavy (non-hydrogen) atoms. The summed E-state index contributed by atoms with van der Waals surface area (Å²) in [6.07, 6.45) is -0.510. The van der Waals surface area contributed by atoms with Gasteiger partial charge in [0, 0.05) is 12.2 Å². The number of benzene rings is 3. The molecule has 1 N–H and O–H groups in total. The van der Waals surface area contributed by atoms with Crippen LogP contribution in [0.4, 0.5) is 10.1 Å². The third kappa shape index (κ3) is 5.75. The molecule has 0 aliphatic rings. The van der Waals surface area contributed by atoms with Crippen molar-refractivity contribution in [1.82, 2.24) is 14.8 Å². The average Bonchev–Trinajstić information content (AvgIpc) is 3.21. The van der Waals surface area contributed by atoms with Crippen LogP contribution in [-0.4, -0.2) is 26.4 Å². The van der Waals surface area contributed by atoms with Crippen LogP contribution in [0.25, 0.3) is 10.8 Å². The molecule has 1 unspecified atom stereocenters. The summed E-state index contributed by atoms with van der Waals surface area (Å²) in [7, 11) is 0. The van der Waals surface area contributed by atoms with Gasteiger partial charge in [-0.05, 0) is 47.9 Å². The zero-order valence-corrected chi connectivity index (χ0v) is 20.2. The Balaban J connectivity index is 1.44. The second kappa shape index (κ2) is 10.7. The SMILES string of the molecule is CC(C)Cn1c(SCC(=O)Nc2ccc3ccccc3c2)nnc1C(C)Oc1ccccc1F. The highest BCUT2D eigenvalue weighted by atomic mass is 32.2. The molecule has 0 radical (unpaired) electrons. The molecule has 0 aliphatic heterocycles. The van der Waals surface area contributed by atoms with Crippen molar-refractivity contribution in [3.8, 4) is 5.75 Å². The molecule has 0 saturated heterocycles. The van der Waals surface area contributed by atoms with Crippen molar-refractivity contribution in [2.45, 2.75) is 38.6 Å². The Morgan fingerprint density at radius 2 is 1.76 bits per heavy atom. The summed E-state index contributed by atoms with van der Waals surface area (Å²) in [5.41, 5.74) is 0.751. The van der Waals surface area contributed by atoms with Crippen LogP contribution in [0.1, 0.15) is 32.7 Å². The van der Waals surface area contributed by atoms with Gasteiger partial charge in [0.2, 0.25) is 5.91 Å². The number of hydrogen-bond donors (Lipinski definition) is 1. The molecule has 4 rings (SSSR count). The Hall–Kier alpha value is -3.39. The van der Waals surface area contributed by atoms with Crippen LogP contribution in [0.15, 0.2) is 71.9 Å². The van der Waals surface area contributed by atoms with E-state index in [1.807, 2.05) is 54.0 Å². The van der Waals surface area contributed by atoms with Gasteiger partial charge in [-0.15, -0.1) is 10.2 Å². The number of carbonyl (C=O) groups excluding carboxylic acids is 1. The number of fused-ring (bicyclic) bond motifs is 1. The second-order valence-corrected chi connectivity index (χ2v) is 9.38. The number of amides is 1. The minimum Gasteiger partial charge on any atom is -0.480 e. The summed E-state index contributed by atoms with van der Waals surface area (Å²) in [6.45, 7) is 6.65. The largest absolute Gasteiger partial charge is 0.480 e. The summed E-state index contributed by atoms with van der Waals surface area (Å²) in [6, 6.07) is 20.1. The Morgan fingerprint density at radius 3 is 2.53 bits per heavy atom. The van der Waals surface area contributed by atoms with Crippen molar-refractivity contribution in [2.75, 3.05) is 11.1 Å². The predicted molar refractivity (Wildman–Crippen MR) is 134 cm³/mol. The molecule has 8 heteroatoms. The third-order valence-corrected chi connectivity index (χ3v) is 6.13. The van der Waals surface area contributed by atoms with E-state index < -0.39 is 11.9 Å². The second-order valence-electron chi connectivity index (χ2n) is 8.43. The van der Waals surface area contributed by atoms with Gasteiger partial charge >= 0.3 is 0 Å². The molecular weight excluding hydrogens is 451 g/mol. The van der Waals surface area contributed by atoms with Crippen molar-refractivity contribution in [3.63, 3.8) is 0 Å². The number of halogens is 1. The summed E-state index contributed by atoms with van der Waals surface area (Å²) in [4.78, 5) is 12.6. The summed E-state index contributed by atoms with van der Waals surface area (Å²) in [5, 5.41) is 14.4. The first-order chi connectivity index (χ1) is 16.4. The zero-order valence-electron chi connectivity index (χ0n) is 19.4. The first-order valence-electron chi connectivity index (χ1n) is 11.2. The standard InChI is InChI=1S/C26H27FN4O2S/c1-17(2)15-31-25(18(3)33-23-11-7-6-10-22(23)27)29-30-26(31)34-16-24(32)28-21-13-12-19-8-4-5-9-20(19)14-21/h4-14,17-18H,15-16H2,1-3H3,(H,28,32). The Bertz CT molecular complexity index is 1290.